The average Bonchev–Trinajstić information content (AvgIpc) is 2.82. The van der Waals surface area contributed by atoms with E-state index in [4.69, 9.17) is 0 Å². The van der Waals surface area contributed by atoms with Crippen LogP contribution in [0.25, 0.3) is 0 Å². The molecule has 0 saturated carbocycles. The highest BCUT2D eigenvalue weighted by atomic mass is 32.1. The van der Waals surface area contributed by atoms with Crippen molar-refractivity contribution in [2.75, 3.05) is 19.6 Å². The van der Waals surface area contributed by atoms with Crippen molar-refractivity contribution in [1.29, 1.82) is 0 Å². The molecular formula is C15H27N3S. The van der Waals surface area contributed by atoms with E-state index in [0.29, 0.717) is 6.04 Å². The first-order chi connectivity index (χ1) is 9.19. The van der Waals surface area contributed by atoms with E-state index in [0.717, 1.165) is 17.5 Å². The van der Waals surface area contributed by atoms with Crippen molar-refractivity contribution >= 4 is 11.3 Å². The van der Waals surface area contributed by atoms with E-state index < -0.39 is 0 Å². The van der Waals surface area contributed by atoms with Crippen LogP contribution in [0, 0.1) is 12.8 Å². The molecule has 1 aromatic rings. The number of rotatable bonds is 6. The molecule has 1 saturated heterocycles. The molecule has 19 heavy (non-hydrogen) atoms. The van der Waals surface area contributed by atoms with Crippen LogP contribution < -0.4 is 5.32 Å². The van der Waals surface area contributed by atoms with Crippen molar-refractivity contribution in [2.24, 2.45) is 5.92 Å². The van der Waals surface area contributed by atoms with E-state index in [2.05, 4.69) is 36.0 Å². The second kappa shape index (κ2) is 7.36. The molecule has 3 nitrogen and oxygen atoms in total. The van der Waals surface area contributed by atoms with Gasteiger partial charge in [-0.15, -0.1) is 11.3 Å². The molecule has 2 rings (SSSR count). The van der Waals surface area contributed by atoms with Crippen molar-refractivity contribution in [2.45, 2.75) is 52.6 Å². The summed E-state index contributed by atoms with van der Waals surface area (Å²) >= 11 is 1.80. The highest BCUT2D eigenvalue weighted by Crippen LogP contribution is 2.20. The smallest absolute Gasteiger partial charge is 0.0897 e. The summed E-state index contributed by atoms with van der Waals surface area (Å²) in [5.74, 6) is 0.800. The molecular weight excluding hydrogens is 254 g/mol. The Kier molecular flexibility index (Phi) is 5.79. The minimum atomic E-state index is 0.599. The molecule has 1 aromatic heterocycles. The van der Waals surface area contributed by atoms with Crippen molar-refractivity contribution in [1.82, 2.24) is 15.2 Å². The molecule has 2 unspecified atom stereocenters. The summed E-state index contributed by atoms with van der Waals surface area (Å²) in [6.45, 7) is 11.5. The first kappa shape index (κ1) is 14.9. The van der Waals surface area contributed by atoms with Crippen LogP contribution in [-0.4, -0.2) is 35.6 Å². The van der Waals surface area contributed by atoms with E-state index >= 15 is 0 Å². The number of piperidine rings is 1. The first-order valence-corrected chi connectivity index (χ1v) is 8.37. The Hall–Kier alpha value is -0.450. The highest BCUT2D eigenvalue weighted by molar-refractivity contribution is 7.11. The van der Waals surface area contributed by atoms with E-state index in [1.165, 1.54) is 43.8 Å². The second-order valence-corrected chi connectivity index (χ2v) is 7.04. The average molecular weight is 281 g/mol. The predicted molar refractivity (Wildman–Crippen MR) is 82.6 cm³/mol. The van der Waals surface area contributed by atoms with Gasteiger partial charge in [0.25, 0.3) is 0 Å². The van der Waals surface area contributed by atoms with Crippen LogP contribution in [0.4, 0.5) is 0 Å². The van der Waals surface area contributed by atoms with Crippen molar-refractivity contribution in [3.8, 4) is 0 Å². The SMILES string of the molecule is CCCN1CCCC(C(C)NCc2cnc(C)s2)C1. The summed E-state index contributed by atoms with van der Waals surface area (Å²) in [5, 5.41) is 4.85. The highest BCUT2D eigenvalue weighted by Gasteiger charge is 2.23. The normalized spacial score (nSPS) is 22.6. The zero-order valence-electron chi connectivity index (χ0n) is 12.5. The number of hydrogen-bond donors (Lipinski definition) is 1. The Labute approximate surface area is 121 Å². The quantitative estimate of drug-likeness (QED) is 0.868. The van der Waals surface area contributed by atoms with Gasteiger partial charge in [0, 0.05) is 30.2 Å². The fourth-order valence-electron chi connectivity index (χ4n) is 2.93. The lowest BCUT2D eigenvalue weighted by atomic mass is 9.91. The minimum Gasteiger partial charge on any atom is -0.309 e. The van der Waals surface area contributed by atoms with Gasteiger partial charge in [0.05, 0.1) is 5.01 Å². The molecule has 0 bridgehead atoms. The Bertz CT molecular complexity index is 375. The second-order valence-electron chi connectivity index (χ2n) is 5.72. The third kappa shape index (κ3) is 4.55. The molecule has 0 aliphatic carbocycles. The lowest BCUT2D eigenvalue weighted by molar-refractivity contribution is 0.150. The zero-order chi connectivity index (χ0) is 13.7. The summed E-state index contributed by atoms with van der Waals surface area (Å²) in [7, 11) is 0. The van der Waals surface area contributed by atoms with Crippen LogP contribution in [-0.2, 0) is 6.54 Å². The summed E-state index contributed by atoms with van der Waals surface area (Å²) in [5.41, 5.74) is 0. The Morgan fingerprint density at radius 1 is 1.58 bits per heavy atom. The van der Waals surface area contributed by atoms with Gasteiger partial charge in [0.2, 0.25) is 0 Å². The van der Waals surface area contributed by atoms with Crippen molar-refractivity contribution in [3.63, 3.8) is 0 Å². The topological polar surface area (TPSA) is 28.2 Å². The Morgan fingerprint density at radius 2 is 2.42 bits per heavy atom. The Morgan fingerprint density at radius 3 is 3.11 bits per heavy atom. The fourth-order valence-corrected chi connectivity index (χ4v) is 3.68. The molecule has 2 heterocycles. The largest absolute Gasteiger partial charge is 0.309 e. The lowest BCUT2D eigenvalue weighted by Gasteiger charge is -2.36. The van der Waals surface area contributed by atoms with Crippen LogP contribution in [0.15, 0.2) is 6.20 Å². The van der Waals surface area contributed by atoms with Crippen molar-refractivity contribution in [3.05, 3.63) is 16.1 Å². The fraction of sp³-hybridized carbons (Fsp3) is 0.800. The van der Waals surface area contributed by atoms with Gasteiger partial charge in [-0.25, -0.2) is 4.98 Å². The predicted octanol–water partition coefficient (Wildman–Crippen LogP) is 3.05. The van der Waals surface area contributed by atoms with Crippen LogP contribution in [0.1, 0.15) is 43.0 Å². The molecule has 2 atom stereocenters. The minimum absolute atomic E-state index is 0.599. The lowest BCUT2D eigenvalue weighted by Crippen LogP contribution is -2.44. The van der Waals surface area contributed by atoms with Gasteiger partial charge in [0.1, 0.15) is 0 Å². The summed E-state index contributed by atoms with van der Waals surface area (Å²) < 4.78 is 0. The van der Waals surface area contributed by atoms with Gasteiger partial charge in [-0.2, -0.15) is 0 Å². The summed E-state index contributed by atoms with van der Waals surface area (Å²) in [4.78, 5) is 8.29. The van der Waals surface area contributed by atoms with Gasteiger partial charge in [-0.1, -0.05) is 6.92 Å². The molecule has 0 radical (unpaired) electrons. The van der Waals surface area contributed by atoms with Gasteiger partial charge >= 0.3 is 0 Å². The number of nitrogens with zero attached hydrogens (tertiary/aromatic N) is 2. The van der Waals surface area contributed by atoms with Gasteiger partial charge in [-0.05, 0) is 52.1 Å². The molecule has 1 fully saturated rings. The number of aryl methyl sites for hydroxylation is 1. The first-order valence-electron chi connectivity index (χ1n) is 7.56. The number of thiazole rings is 1. The van der Waals surface area contributed by atoms with E-state index in [1.807, 2.05) is 6.20 Å². The van der Waals surface area contributed by atoms with Crippen LogP contribution in [0.5, 0.6) is 0 Å². The number of hydrogen-bond acceptors (Lipinski definition) is 4. The zero-order valence-corrected chi connectivity index (χ0v) is 13.3. The summed E-state index contributed by atoms with van der Waals surface area (Å²) in [6.07, 6.45) is 6.01. The maximum atomic E-state index is 4.31. The van der Waals surface area contributed by atoms with Crippen molar-refractivity contribution < 1.29 is 0 Å². The van der Waals surface area contributed by atoms with E-state index in [-0.39, 0.29) is 0 Å². The third-order valence-electron chi connectivity index (χ3n) is 4.06. The number of likely N-dealkylation sites (tertiary alicyclic amines) is 1. The van der Waals surface area contributed by atoms with Crippen LogP contribution in [0.3, 0.4) is 0 Å². The third-order valence-corrected chi connectivity index (χ3v) is 4.97. The van der Waals surface area contributed by atoms with Gasteiger partial charge < -0.3 is 10.2 Å². The molecule has 0 spiro atoms. The number of nitrogens with one attached hydrogen (secondary N) is 1. The van der Waals surface area contributed by atoms with Gasteiger partial charge in [-0.3, -0.25) is 0 Å². The van der Waals surface area contributed by atoms with E-state index in [9.17, 15) is 0 Å². The Balaban J connectivity index is 1.77. The van der Waals surface area contributed by atoms with Gasteiger partial charge in [0.15, 0.2) is 0 Å². The maximum absolute atomic E-state index is 4.31. The molecule has 0 amide bonds. The molecule has 0 aromatic carbocycles. The molecule has 1 N–H and O–H groups in total. The summed E-state index contributed by atoms with van der Waals surface area (Å²) in [6, 6.07) is 0.599. The molecule has 1 aliphatic rings. The monoisotopic (exact) mass is 281 g/mol. The molecule has 108 valence electrons. The standard InChI is InChI=1S/C15H27N3S/c1-4-7-18-8-5-6-14(11-18)12(2)16-9-15-10-17-13(3)19-15/h10,12,14,16H,4-9,11H2,1-3H3. The van der Waals surface area contributed by atoms with Crippen LogP contribution >= 0.6 is 11.3 Å². The van der Waals surface area contributed by atoms with E-state index in [1.54, 1.807) is 11.3 Å². The van der Waals surface area contributed by atoms with Crippen LogP contribution in [0.2, 0.25) is 0 Å². The molecule has 4 heteroatoms. The maximum Gasteiger partial charge on any atom is 0.0897 e. The molecule has 1 aliphatic heterocycles. The number of aromatic nitrogens is 1.